The summed E-state index contributed by atoms with van der Waals surface area (Å²) in [4.78, 5) is 4.20. The minimum Gasteiger partial charge on any atom is -0.394 e. The van der Waals surface area contributed by atoms with Crippen molar-refractivity contribution in [3.63, 3.8) is 0 Å². The van der Waals surface area contributed by atoms with Crippen molar-refractivity contribution in [3.05, 3.63) is 22.3 Å². The maximum Gasteiger partial charge on any atom is 0.145 e. The zero-order chi connectivity index (χ0) is 13.2. The molecule has 0 radical (unpaired) electrons. The average molecular weight is 289 g/mol. The van der Waals surface area contributed by atoms with Gasteiger partial charge in [0.05, 0.1) is 22.2 Å². The van der Waals surface area contributed by atoms with Crippen LogP contribution in [0.25, 0.3) is 0 Å². The van der Waals surface area contributed by atoms with Gasteiger partial charge in [-0.3, -0.25) is 0 Å². The smallest absolute Gasteiger partial charge is 0.145 e. The van der Waals surface area contributed by atoms with Crippen LogP contribution in [-0.4, -0.2) is 22.2 Å². The van der Waals surface area contributed by atoms with E-state index in [1.54, 1.807) is 12.3 Å². The molecule has 0 atom stereocenters. The van der Waals surface area contributed by atoms with E-state index in [0.29, 0.717) is 15.9 Å². The Morgan fingerprint density at radius 1 is 1.44 bits per heavy atom. The summed E-state index contributed by atoms with van der Waals surface area (Å²) in [5.74, 6) is 1.32. The molecule has 1 aromatic heterocycles. The van der Waals surface area contributed by atoms with Crippen molar-refractivity contribution in [2.24, 2.45) is 5.92 Å². The Labute approximate surface area is 118 Å². The second-order valence-electron chi connectivity index (χ2n) is 5.23. The monoisotopic (exact) mass is 288 g/mol. The minimum atomic E-state index is -0.295. The third-order valence-corrected chi connectivity index (χ3v) is 4.22. The molecular formula is C13H18Cl2N2O. The molecule has 3 nitrogen and oxygen atoms in total. The zero-order valence-corrected chi connectivity index (χ0v) is 11.9. The molecule has 2 N–H and O–H groups in total. The zero-order valence-electron chi connectivity index (χ0n) is 10.4. The van der Waals surface area contributed by atoms with E-state index in [4.69, 9.17) is 23.2 Å². The standard InChI is InChI=1S/C13H18Cl2N2O/c1-9-2-4-13(8-18,5-3-9)17-12-11(15)6-10(14)7-16-12/h6-7,9,18H,2-5,8H2,1H3,(H,16,17). The van der Waals surface area contributed by atoms with Crippen LogP contribution < -0.4 is 5.32 Å². The summed E-state index contributed by atoms with van der Waals surface area (Å²) in [6.07, 6.45) is 5.65. The molecule has 1 saturated carbocycles. The Morgan fingerprint density at radius 3 is 2.67 bits per heavy atom. The van der Waals surface area contributed by atoms with Crippen molar-refractivity contribution in [2.45, 2.75) is 38.1 Å². The fourth-order valence-electron chi connectivity index (χ4n) is 2.40. The number of pyridine rings is 1. The third kappa shape index (κ3) is 3.08. The van der Waals surface area contributed by atoms with Crippen LogP contribution in [0.15, 0.2) is 12.3 Å². The van der Waals surface area contributed by atoms with Gasteiger partial charge in [-0.05, 0) is 37.7 Å². The fourth-order valence-corrected chi connectivity index (χ4v) is 2.82. The highest BCUT2D eigenvalue weighted by Gasteiger charge is 2.34. The maximum atomic E-state index is 9.68. The molecule has 0 bridgehead atoms. The first-order valence-electron chi connectivity index (χ1n) is 6.25. The second-order valence-corrected chi connectivity index (χ2v) is 6.07. The molecule has 18 heavy (non-hydrogen) atoms. The number of aliphatic hydroxyl groups is 1. The highest BCUT2D eigenvalue weighted by Crippen LogP contribution is 2.35. The van der Waals surface area contributed by atoms with Crippen LogP contribution in [-0.2, 0) is 0 Å². The van der Waals surface area contributed by atoms with Gasteiger partial charge in [-0.25, -0.2) is 4.98 Å². The van der Waals surface area contributed by atoms with E-state index in [9.17, 15) is 5.11 Å². The largest absolute Gasteiger partial charge is 0.394 e. The van der Waals surface area contributed by atoms with Gasteiger partial charge in [-0.2, -0.15) is 0 Å². The molecule has 0 saturated heterocycles. The van der Waals surface area contributed by atoms with Gasteiger partial charge in [0.2, 0.25) is 0 Å². The molecule has 5 heteroatoms. The molecule has 1 aliphatic rings. The summed E-state index contributed by atoms with van der Waals surface area (Å²) in [6, 6.07) is 1.66. The van der Waals surface area contributed by atoms with E-state index in [1.807, 2.05) is 0 Å². The minimum absolute atomic E-state index is 0.0976. The van der Waals surface area contributed by atoms with Crippen LogP contribution in [0, 0.1) is 5.92 Å². The van der Waals surface area contributed by atoms with Crippen molar-refractivity contribution in [1.82, 2.24) is 4.98 Å². The molecule has 0 aliphatic heterocycles. The van der Waals surface area contributed by atoms with Crippen molar-refractivity contribution in [1.29, 1.82) is 0 Å². The lowest BCUT2D eigenvalue weighted by atomic mass is 9.77. The fraction of sp³-hybridized carbons (Fsp3) is 0.615. The quantitative estimate of drug-likeness (QED) is 0.891. The van der Waals surface area contributed by atoms with Gasteiger partial charge in [0.25, 0.3) is 0 Å². The first-order chi connectivity index (χ1) is 8.54. The number of aromatic nitrogens is 1. The van der Waals surface area contributed by atoms with E-state index < -0.39 is 0 Å². The van der Waals surface area contributed by atoms with Gasteiger partial charge in [-0.15, -0.1) is 0 Å². The maximum absolute atomic E-state index is 9.68. The van der Waals surface area contributed by atoms with Crippen LogP contribution in [0.1, 0.15) is 32.6 Å². The van der Waals surface area contributed by atoms with Crippen LogP contribution in [0.4, 0.5) is 5.82 Å². The van der Waals surface area contributed by atoms with Crippen LogP contribution in [0.2, 0.25) is 10.0 Å². The number of hydrogen-bond donors (Lipinski definition) is 2. The summed E-state index contributed by atoms with van der Waals surface area (Å²) in [6.45, 7) is 2.34. The molecule has 1 fully saturated rings. The number of anilines is 1. The Balaban J connectivity index is 2.15. The van der Waals surface area contributed by atoms with Gasteiger partial charge in [0, 0.05) is 6.20 Å². The van der Waals surface area contributed by atoms with Gasteiger partial charge >= 0.3 is 0 Å². The average Bonchev–Trinajstić information content (AvgIpc) is 2.36. The summed E-state index contributed by atoms with van der Waals surface area (Å²) >= 11 is 11.9. The SMILES string of the molecule is CC1CCC(CO)(Nc2ncc(Cl)cc2Cl)CC1. The Kier molecular flexibility index (Phi) is 4.36. The van der Waals surface area contributed by atoms with E-state index in [1.165, 1.54) is 0 Å². The van der Waals surface area contributed by atoms with Gasteiger partial charge in [0.1, 0.15) is 5.82 Å². The molecule has 0 unspecified atom stereocenters. The van der Waals surface area contributed by atoms with Crippen LogP contribution in [0.3, 0.4) is 0 Å². The Hall–Kier alpha value is -0.510. The molecule has 1 aromatic rings. The van der Waals surface area contributed by atoms with Gasteiger partial charge in [0.15, 0.2) is 0 Å². The number of rotatable bonds is 3. The highest BCUT2D eigenvalue weighted by atomic mass is 35.5. The summed E-state index contributed by atoms with van der Waals surface area (Å²) < 4.78 is 0. The molecule has 0 aromatic carbocycles. The van der Waals surface area contributed by atoms with Crippen LogP contribution in [0.5, 0.6) is 0 Å². The lowest BCUT2D eigenvalue weighted by Crippen LogP contribution is -2.45. The molecule has 0 amide bonds. The number of halogens is 2. The van der Waals surface area contributed by atoms with E-state index in [0.717, 1.165) is 31.6 Å². The first-order valence-corrected chi connectivity index (χ1v) is 7.00. The van der Waals surface area contributed by atoms with Crippen molar-refractivity contribution in [3.8, 4) is 0 Å². The predicted octanol–water partition coefficient (Wildman–Crippen LogP) is 3.74. The van der Waals surface area contributed by atoms with E-state index >= 15 is 0 Å². The summed E-state index contributed by atoms with van der Waals surface area (Å²) in [5.41, 5.74) is -0.295. The molecule has 1 aliphatic carbocycles. The molecule has 0 spiro atoms. The number of aliphatic hydroxyl groups excluding tert-OH is 1. The summed E-state index contributed by atoms with van der Waals surface area (Å²) in [7, 11) is 0. The first kappa shape index (κ1) is 13.9. The van der Waals surface area contributed by atoms with Gasteiger partial charge in [-0.1, -0.05) is 30.1 Å². The molecule has 100 valence electrons. The Morgan fingerprint density at radius 2 is 2.11 bits per heavy atom. The third-order valence-electron chi connectivity index (χ3n) is 3.73. The van der Waals surface area contributed by atoms with Crippen molar-refractivity contribution < 1.29 is 5.11 Å². The second kappa shape index (κ2) is 5.64. The number of nitrogens with one attached hydrogen (secondary N) is 1. The normalized spacial score (nSPS) is 28.1. The Bertz CT molecular complexity index is 417. The number of nitrogens with zero attached hydrogens (tertiary/aromatic N) is 1. The summed E-state index contributed by atoms with van der Waals surface area (Å²) in [5, 5.41) is 14.0. The lowest BCUT2D eigenvalue weighted by Gasteiger charge is -2.39. The van der Waals surface area contributed by atoms with Crippen molar-refractivity contribution in [2.75, 3.05) is 11.9 Å². The van der Waals surface area contributed by atoms with Crippen LogP contribution >= 0.6 is 23.2 Å². The number of hydrogen-bond acceptors (Lipinski definition) is 3. The highest BCUT2D eigenvalue weighted by molar-refractivity contribution is 6.35. The van der Waals surface area contributed by atoms with E-state index in [-0.39, 0.29) is 12.1 Å². The molecule has 1 heterocycles. The van der Waals surface area contributed by atoms with Crippen molar-refractivity contribution >= 4 is 29.0 Å². The molecular weight excluding hydrogens is 271 g/mol. The predicted molar refractivity (Wildman–Crippen MR) is 75.3 cm³/mol. The molecule has 2 rings (SSSR count). The lowest BCUT2D eigenvalue weighted by molar-refractivity contribution is 0.155. The van der Waals surface area contributed by atoms with Gasteiger partial charge < -0.3 is 10.4 Å². The van der Waals surface area contributed by atoms with E-state index in [2.05, 4.69) is 17.2 Å². The topological polar surface area (TPSA) is 45.1 Å².